The van der Waals surface area contributed by atoms with E-state index in [9.17, 15) is 9.59 Å². The summed E-state index contributed by atoms with van der Waals surface area (Å²) in [5.41, 5.74) is 2.51. The van der Waals surface area contributed by atoms with E-state index in [-0.39, 0.29) is 17.9 Å². The Bertz CT molecular complexity index is 912. The van der Waals surface area contributed by atoms with Crippen molar-refractivity contribution in [3.05, 3.63) is 59.7 Å². The van der Waals surface area contributed by atoms with Crippen LogP contribution in [-0.2, 0) is 4.79 Å². The van der Waals surface area contributed by atoms with Crippen LogP contribution in [0.4, 0.5) is 5.69 Å². The SMILES string of the molecule is Cc1ccc(NC(=O)c2ccccc2SCC(=O)N[C@H](C)[C@H]2C[C@H]3CC[C@H]2C3)cc1. The highest BCUT2D eigenvalue weighted by atomic mass is 32.2. The van der Waals surface area contributed by atoms with Gasteiger partial charge >= 0.3 is 0 Å². The topological polar surface area (TPSA) is 58.2 Å². The minimum Gasteiger partial charge on any atom is -0.353 e. The summed E-state index contributed by atoms with van der Waals surface area (Å²) in [4.78, 5) is 26.1. The molecule has 4 atom stereocenters. The minimum atomic E-state index is -0.155. The molecule has 0 saturated heterocycles. The molecule has 4 nitrogen and oxygen atoms in total. The van der Waals surface area contributed by atoms with E-state index >= 15 is 0 Å². The summed E-state index contributed by atoms with van der Waals surface area (Å²) in [6.07, 6.45) is 5.32. The number of carbonyl (C=O) groups excluding carboxylic acids is 2. The fraction of sp³-hybridized carbons (Fsp3) is 0.440. The van der Waals surface area contributed by atoms with Crippen LogP contribution in [0.1, 0.15) is 48.5 Å². The zero-order chi connectivity index (χ0) is 21.1. The second kappa shape index (κ2) is 9.25. The lowest BCUT2D eigenvalue weighted by Gasteiger charge is -2.28. The molecule has 158 valence electrons. The maximum atomic E-state index is 12.8. The third kappa shape index (κ3) is 4.89. The lowest BCUT2D eigenvalue weighted by molar-refractivity contribution is -0.119. The zero-order valence-electron chi connectivity index (χ0n) is 17.7. The number of anilines is 1. The van der Waals surface area contributed by atoms with Crippen LogP contribution in [-0.4, -0.2) is 23.6 Å². The van der Waals surface area contributed by atoms with E-state index in [1.807, 2.05) is 55.5 Å². The van der Waals surface area contributed by atoms with E-state index in [1.54, 1.807) is 0 Å². The van der Waals surface area contributed by atoms with Crippen LogP contribution in [0.15, 0.2) is 53.4 Å². The third-order valence-corrected chi connectivity index (χ3v) is 7.70. The highest BCUT2D eigenvalue weighted by molar-refractivity contribution is 8.00. The Morgan fingerprint density at radius 3 is 2.53 bits per heavy atom. The molecule has 0 aliphatic heterocycles. The van der Waals surface area contributed by atoms with E-state index in [1.165, 1.54) is 37.4 Å². The summed E-state index contributed by atoms with van der Waals surface area (Å²) >= 11 is 1.42. The first-order valence-corrected chi connectivity index (χ1v) is 11.9. The first kappa shape index (κ1) is 21.0. The van der Waals surface area contributed by atoms with Gasteiger partial charge < -0.3 is 10.6 Å². The van der Waals surface area contributed by atoms with Gasteiger partial charge in [0.1, 0.15) is 0 Å². The molecular formula is C25H30N2O2S. The predicted octanol–water partition coefficient (Wildman–Crippen LogP) is 5.28. The van der Waals surface area contributed by atoms with Crippen molar-refractivity contribution < 1.29 is 9.59 Å². The van der Waals surface area contributed by atoms with Gasteiger partial charge in [-0.3, -0.25) is 9.59 Å². The van der Waals surface area contributed by atoms with Crippen LogP contribution in [0.2, 0.25) is 0 Å². The Labute approximate surface area is 183 Å². The number of aryl methyl sites for hydroxylation is 1. The molecule has 0 radical (unpaired) electrons. The summed E-state index contributed by atoms with van der Waals surface area (Å²) in [6, 6.07) is 15.4. The molecule has 2 aromatic rings. The van der Waals surface area contributed by atoms with Crippen LogP contribution in [0.25, 0.3) is 0 Å². The van der Waals surface area contributed by atoms with Crippen LogP contribution in [0.3, 0.4) is 0 Å². The smallest absolute Gasteiger partial charge is 0.256 e. The van der Waals surface area contributed by atoms with E-state index in [0.29, 0.717) is 17.2 Å². The summed E-state index contributed by atoms with van der Waals surface area (Å²) in [7, 11) is 0. The van der Waals surface area contributed by atoms with Gasteiger partial charge in [0.05, 0.1) is 11.3 Å². The van der Waals surface area contributed by atoms with Gasteiger partial charge in [-0.1, -0.05) is 36.2 Å². The number of hydrogen-bond donors (Lipinski definition) is 2. The molecule has 2 saturated carbocycles. The lowest BCUT2D eigenvalue weighted by Crippen LogP contribution is -2.40. The number of nitrogens with one attached hydrogen (secondary N) is 2. The summed E-state index contributed by atoms with van der Waals surface area (Å²) in [5, 5.41) is 6.16. The Balaban J connectivity index is 1.32. The fourth-order valence-corrected chi connectivity index (χ4v) is 5.93. The number of rotatable bonds is 7. The van der Waals surface area contributed by atoms with Crippen molar-refractivity contribution in [3.8, 4) is 0 Å². The van der Waals surface area contributed by atoms with E-state index < -0.39 is 0 Å². The first-order chi connectivity index (χ1) is 14.5. The van der Waals surface area contributed by atoms with Gasteiger partial charge in [0.2, 0.25) is 5.91 Å². The highest BCUT2D eigenvalue weighted by Crippen LogP contribution is 2.49. The number of thioether (sulfide) groups is 1. The van der Waals surface area contributed by atoms with Gasteiger partial charge in [0.15, 0.2) is 0 Å². The standard InChI is InChI=1S/C25H30N2O2S/c1-16-7-11-20(12-8-16)27-25(29)21-5-3-4-6-23(21)30-15-24(28)26-17(2)22-14-18-9-10-19(22)13-18/h3-8,11-12,17-19,22H,9-10,13-15H2,1-2H3,(H,26,28)(H,27,29)/t17-,18+,19+,22-/m1/s1. The van der Waals surface area contributed by atoms with Gasteiger partial charge in [0.25, 0.3) is 5.91 Å². The molecule has 2 aliphatic rings. The molecule has 0 aromatic heterocycles. The molecule has 5 heteroatoms. The number of hydrogen-bond acceptors (Lipinski definition) is 3. The second-order valence-electron chi connectivity index (χ2n) is 8.80. The van der Waals surface area contributed by atoms with Crippen molar-refractivity contribution in [3.63, 3.8) is 0 Å². The molecule has 2 aromatic carbocycles. The van der Waals surface area contributed by atoms with Crippen molar-refractivity contribution in [2.45, 2.75) is 50.5 Å². The van der Waals surface area contributed by atoms with Gasteiger partial charge in [-0.15, -0.1) is 11.8 Å². The van der Waals surface area contributed by atoms with Crippen molar-refractivity contribution in [2.75, 3.05) is 11.1 Å². The van der Waals surface area contributed by atoms with Gasteiger partial charge in [-0.05, 0) is 75.1 Å². The predicted molar refractivity (Wildman–Crippen MR) is 123 cm³/mol. The monoisotopic (exact) mass is 422 g/mol. The Morgan fingerprint density at radius 1 is 1.07 bits per heavy atom. The number of benzene rings is 2. The van der Waals surface area contributed by atoms with E-state index in [0.717, 1.165) is 28.0 Å². The molecular weight excluding hydrogens is 392 g/mol. The second-order valence-corrected chi connectivity index (χ2v) is 9.82. The molecule has 2 fully saturated rings. The molecule has 0 spiro atoms. The first-order valence-electron chi connectivity index (χ1n) is 10.9. The van der Waals surface area contributed by atoms with Crippen molar-refractivity contribution >= 4 is 29.3 Å². The van der Waals surface area contributed by atoms with Crippen LogP contribution >= 0.6 is 11.8 Å². The molecule has 2 amide bonds. The Hall–Kier alpha value is -2.27. The Morgan fingerprint density at radius 2 is 1.83 bits per heavy atom. The summed E-state index contributed by atoms with van der Waals surface area (Å²) in [5.74, 6) is 2.52. The average molecular weight is 423 g/mol. The van der Waals surface area contributed by atoms with Crippen LogP contribution in [0.5, 0.6) is 0 Å². The molecule has 2 N–H and O–H groups in total. The number of carbonyl (C=O) groups is 2. The molecule has 0 heterocycles. The minimum absolute atomic E-state index is 0.0454. The van der Waals surface area contributed by atoms with Crippen LogP contribution in [0, 0.1) is 24.7 Å². The highest BCUT2D eigenvalue weighted by Gasteiger charge is 2.42. The summed E-state index contributed by atoms with van der Waals surface area (Å²) in [6.45, 7) is 4.16. The maximum absolute atomic E-state index is 12.8. The quantitative estimate of drug-likeness (QED) is 0.597. The van der Waals surface area contributed by atoms with E-state index in [4.69, 9.17) is 0 Å². The lowest BCUT2D eigenvalue weighted by atomic mass is 9.84. The van der Waals surface area contributed by atoms with Gasteiger partial charge in [0, 0.05) is 16.6 Å². The Kier molecular flexibility index (Phi) is 6.47. The molecule has 2 aliphatic carbocycles. The van der Waals surface area contributed by atoms with Crippen LogP contribution < -0.4 is 10.6 Å². The number of fused-ring (bicyclic) bond motifs is 2. The van der Waals surface area contributed by atoms with Crippen molar-refractivity contribution in [2.24, 2.45) is 17.8 Å². The van der Waals surface area contributed by atoms with Crippen molar-refractivity contribution in [1.29, 1.82) is 0 Å². The van der Waals surface area contributed by atoms with Gasteiger partial charge in [-0.2, -0.15) is 0 Å². The third-order valence-electron chi connectivity index (χ3n) is 6.62. The largest absolute Gasteiger partial charge is 0.353 e. The summed E-state index contributed by atoms with van der Waals surface area (Å²) < 4.78 is 0. The molecule has 30 heavy (non-hydrogen) atoms. The average Bonchev–Trinajstić information content (AvgIpc) is 3.38. The maximum Gasteiger partial charge on any atom is 0.256 e. The van der Waals surface area contributed by atoms with Crippen molar-refractivity contribution in [1.82, 2.24) is 5.32 Å². The fourth-order valence-electron chi connectivity index (χ4n) is 5.07. The van der Waals surface area contributed by atoms with E-state index in [2.05, 4.69) is 17.6 Å². The molecule has 0 unspecified atom stereocenters. The number of amides is 2. The zero-order valence-corrected chi connectivity index (χ0v) is 18.5. The molecule has 2 bridgehead atoms. The molecule has 4 rings (SSSR count). The normalized spacial score (nSPS) is 23.2. The van der Waals surface area contributed by atoms with Gasteiger partial charge in [-0.25, -0.2) is 0 Å².